The summed E-state index contributed by atoms with van der Waals surface area (Å²) in [4.78, 5) is 15.4. The van der Waals surface area contributed by atoms with Crippen molar-refractivity contribution in [1.82, 2.24) is 4.98 Å². The molecule has 0 unspecified atom stereocenters. The van der Waals surface area contributed by atoms with Gasteiger partial charge in [-0.3, -0.25) is 4.79 Å². The molecular formula is C15H14N4O. The molecule has 0 fully saturated rings. The molecule has 1 amide bonds. The number of hydrogen-bond donors (Lipinski definition) is 2. The zero-order valence-corrected chi connectivity index (χ0v) is 11.1. The van der Waals surface area contributed by atoms with Crippen LogP contribution in [0.3, 0.4) is 0 Å². The van der Waals surface area contributed by atoms with Gasteiger partial charge in [0, 0.05) is 17.8 Å². The van der Waals surface area contributed by atoms with E-state index in [0.29, 0.717) is 17.9 Å². The van der Waals surface area contributed by atoms with Crippen LogP contribution in [0.5, 0.6) is 0 Å². The molecule has 2 N–H and O–H groups in total. The van der Waals surface area contributed by atoms with Gasteiger partial charge in [0.2, 0.25) is 5.91 Å². The van der Waals surface area contributed by atoms with Crippen LogP contribution in [0.4, 0.5) is 17.2 Å². The second kappa shape index (κ2) is 6.34. The molecule has 1 heterocycles. The Bertz CT molecular complexity index is 644. The van der Waals surface area contributed by atoms with Crippen LogP contribution in [0.15, 0.2) is 42.5 Å². The van der Waals surface area contributed by atoms with Gasteiger partial charge in [0.15, 0.2) is 0 Å². The van der Waals surface area contributed by atoms with Crippen molar-refractivity contribution in [3.05, 3.63) is 48.2 Å². The molecule has 0 atom stereocenters. The lowest BCUT2D eigenvalue weighted by atomic mass is 10.2. The quantitative estimate of drug-likeness (QED) is 0.891. The van der Waals surface area contributed by atoms with Crippen molar-refractivity contribution < 1.29 is 4.79 Å². The van der Waals surface area contributed by atoms with Crippen LogP contribution in [0, 0.1) is 11.3 Å². The van der Waals surface area contributed by atoms with E-state index in [9.17, 15) is 4.79 Å². The van der Waals surface area contributed by atoms with Gasteiger partial charge in [-0.25, -0.2) is 4.98 Å². The molecule has 0 saturated heterocycles. The number of carbonyl (C=O) groups excluding carboxylic acids is 1. The first-order chi connectivity index (χ1) is 9.71. The maximum Gasteiger partial charge on any atom is 0.224 e. The summed E-state index contributed by atoms with van der Waals surface area (Å²) < 4.78 is 0. The minimum Gasteiger partial charge on any atom is -0.340 e. The number of rotatable bonds is 4. The number of amides is 1. The lowest BCUT2D eigenvalue weighted by Gasteiger charge is -2.07. The zero-order valence-electron chi connectivity index (χ0n) is 11.1. The van der Waals surface area contributed by atoms with E-state index in [4.69, 9.17) is 5.26 Å². The van der Waals surface area contributed by atoms with Gasteiger partial charge in [-0.05, 0) is 36.4 Å². The van der Waals surface area contributed by atoms with E-state index in [1.54, 1.807) is 25.1 Å². The molecule has 2 rings (SSSR count). The first kappa shape index (κ1) is 13.6. The molecule has 1 aromatic heterocycles. The van der Waals surface area contributed by atoms with Crippen LogP contribution < -0.4 is 10.6 Å². The van der Waals surface area contributed by atoms with Crippen molar-refractivity contribution in [2.75, 3.05) is 10.6 Å². The normalized spacial score (nSPS) is 9.60. The highest BCUT2D eigenvalue weighted by Gasteiger charge is 2.00. The summed E-state index contributed by atoms with van der Waals surface area (Å²) in [5.41, 5.74) is 1.95. The molecule has 0 aliphatic carbocycles. The molecule has 0 aliphatic rings. The average molecular weight is 266 g/mol. The smallest absolute Gasteiger partial charge is 0.224 e. The van der Waals surface area contributed by atoms with E-state index in [1.807, 2.05) is 30.3 Å². The third-order valence-corrected chi connectivity index (χ3v) is 2.63. The Hall–Kier alpha value is -2.87. The molecule has 5 nitrogen and oxygen atoms in total. The van der Waals surface area contributed by atoms with E-state index in [1.165, 1.54) is 0 Å². The van der Waals surface area contributed by atoms with Crippen molar-refractivity contribution >= 4 is 23.1 Å². The fourth-order valence-corrected chi connectivity index (χ4v) is 1.60. The van der Waals surface area contributed by atoms with Gasteiger partial charge in [-0.1, -0.05) is 13.0 Å². The number of benzene rings is 1. The Kier molecular flexibility index (Phi) is 4.30. The second-order valence-electron chi connectivity index (χ2n) is 4.12. The molecule has 1 aromatic carbocycles. The number of carbonyl (C=O) groups is 1. The molecule has 0 saturated carbocycles. The maximum absolute atomic E-state index is 11.3. The molecule has 0 radical (unpaired) electrons. The number of aromatic nitrogens is 1. The Morgan fingerprint density at radius 1 is 1.20 bits per heavy atom. The van der Waals surface area contributed by atoms with Gasteiger partial charge >= 0.3 is 0 Å². The molecule has 0 bridgehead atoms. The highest BCUT2D eigenvalue weighted by atomic mass is 16.1. The average Bonchev–Trinajstić information content (AvgIpc) is 2.49. The maximum atomic E-state index is 11.3. The monoisotopic (exact) mass is 266 g/mol. The summed E-state index contributed by atoms with van der Waals surface area (Å²) in [6, 6.07) is 14.5. The van der Waals surface area contributed by atoms with Crippen LogP contribution in [-0.2, 0) is 4.79 Å². The summed E-state index contributed by atoms with van der Waals surface area (Å²) in [6.07, 6.45) is 0.449. The van der Waals surface area contributed by atoms with Crippen molar-refractivity contribution in [3.63, 3.8) is 0 Å². The van der Waals surface area contributed by atoms with Gasteiger partial charge in [0.25, 0.3) is 0 Å². The Balaban J connectivity index is 2.07. The minimum atomic E-state index is -0.0194. The van der Waals surface area contributed by atoms with Gasteiger partial charge in [0.05, 0.1) is 0 Å². The van der Waals surface area contributed by atoms with E-state index in [-0.39, 0.29) is 5.91 Å². The SMILES string of the molecule is CCC(=O)Nc1ccc(Nc2cccc(C#N)n2)cc1. The number of nitrogens with zero attached hydrogens (tertiary/aromatic N) is 2. The topological polar surface area (TPSA) is 77.8 Å². The highest BCUT2D eigenvalue weighted by molar-refractivity contribution is 5.90. The predicted octanol–water partition coefficient (Wildman–Crippen LogP) is 3.05. The van der Waals surface area contributed by atoms with Crippen LogP contribution in [-0.4, -0.2) is 10.9 Å². The van der Waals surface area contributed by atoms with Crippen LogP contribution in [0.25, 0.3) is 0 Å². The fourth-order valence-electron chi connectivity index (χ4n) is 1.60. The first-order valence-corrected chi connectivity index (χ1v) is 6.25. The van der Waals surface area contributed by atoms with Crippen LogP contribution in [0.1, 0.15) is 19.0 Å². The predicted molar refractivity (Wildman–Crippen MR) is 77.6 cm³/mol. The van der Waals surface area contributed by atoms with Crippen molar-refractivity contribution in [2.24, 2.45) is 0 Å². The molecule has 5 heteroatoms. The molecule has 100 valence electrons. The Morgan fingerprint density at radius 3 is 2.55 bits per heavy atom. The molecule has 0 aliphatic heterocycles. The zero-order chi connectivity index (χ0) is 14.4. The van der Waals surface area contributed by atoms with Crippen molar-refractivity contribution in [1.29, 1.82) is 5.26 Å². The summed E-state index contributed by atoms with van der Waals surface area (Å²) in [5, 5.41) is 14.7. The van der Waals surface area contributed by atoms with Crippen molar-refractivity contribution in [2.45, 2.75) is 13.3 Å². The molecule has 0 spiro atoms. The van der Waals surface area contributed by atoms with Crippen LogP contribution in [0.2, 0.25) is 0 Å². The van der Waals surface area contributed by atoms with Gasteiger partial charge in [-0.2, -0.15) is 5.26 Å². The van der Waals surface area contributed by atoms with Crippen LogP contribution >= 0.6 is 0 Å². The highest BCUT2D eigenvalue weighted by Crippen LogP contribution is 2.17. The Morgan fingerprint density at radius 2 is 1.90 bits per heavy atom. The standard InChI is InChI=1S/C15H14N4O/c1-2-15(20)19-12-8-6-11(7-9-12)17-14-5-3-4-13(10-16)18-14/h3-9H,2H2,1H3,(H,17,18)(H,19,20). The lowest BCUT2D eigenvalue weighted by molar-refractivity contribution is -0.115. The van der Waals surface area contributed by atoms with Gasteiger partial charge in [-0.15, -0.1) is 0 Å². The summed E-state index contributed by atoms with van der Waals surface area (Å²) in [5.74, 6) is 0.587. The summed E-state index contributed by atoms with van der Waals surface area (Å²) in [6.45, 7) is 1.80. The molecule has 2 aromatic rings. The number of nitrogens with one attached hydrogen (secondary N) is 2. The van der Waals surface area contributed by atoms with E-state index < -0.39 is 0 Å². The van der Waals surface area contributed by atoms with E-state index >= 15 is 0 Å². The number of nitriles is 1. The summed E-state index contributed by atoms with van der Waals surface area (Å²) in [7, 11) is 0. The lowest BCUT2D eigenvalue weighted by Crippen LogP contribution is -2.09. The third kappa shape index (κ3) is 3.56. The second-order valence-corrected chi connectivity index (χ2v) is 4.12. The minimum absolute atomic E-state index is 0.0194. The molecular weight excluding hydrogens is 252 g/mol. The third-order valence-electron chi connectivity index (χ3n) is 2.63. The number of pyridine rings is 1. The molecule has 20 heavy (non-hydrogen) atoms. The summed E-state index contributed by atoms with van der Waals surface area (Å²) >= 11 is 0. The number of anilines is 3. The van der Waals surface area contributed by atoms with Gasteiger partial charge in [0.1, 0.15) is 17.6 Å². The number of hydrogen-bond acceptors (Lipinski definition) is 4. The Labute approximate surface area is 117 Å². The van der Waals surface area contributed by atoms with E-state index in [0.717, 1.165) is 11.4 Å². The van der Waals surface area contributed by atoms with E-state index in [2.05, 4.69) is 15.6 Å². The van der Waals surface area contributed by atoms with Crippen molar-refractivity contribution in [3.8, 4) is 6.07 Å². The first-order valence-electron chi connectivity index (χ1n) is 6.25. The largest absolute Gasteiger partial charge is 0.340 e. The fraction of sp³-hybridized carbons (Fsp3) is 0.133. The van der Waals surface area contributed by atoms with Gasteiger partial charge < -0.3 is 10.6 Å².